The number of hydrogen-bond donors (Lipinski definition) is 1. The van der Waals surface area contributed by atoms with Crippen LogP contribution in [0.25, 0.3) is 0 Å². The SMILES string of the molecule is CCC(C)C(C)Nc1ccccc1Br. The molecule has 0 aliphatic rings. The molecule has 2 heteroatoms. The second-order valence-corrected chi connectivity index (χ2v) is 4.65. The third kappa shape index (κ3) is 3.02. The van der Waals surface area contributed by atoms with Crippen molar-refractivity contribution in [1.29, 1.82) is 0 Å². The van der Waals surface area contributed by atoms with Crippen LogP contribution in [0.4, 0.5) is 5.69 Å². The van der Waals surface area contributed by atoms with Crippen molar-refractivity contribution in [2.24, 2.45) is 5.92 Å². The number of halogens is 1. The molecule has 0 amide bonds. The van der Waals surface area contributed by atoms with Crippen LogP contribution in [-0.4, -0.2) is 6.04 Å². The molecule has 1 rings (SSSR count). The fraction of sp³-hybridized carbons (Fsp3) is 0.500. The zero-order chi connectivity index (χ0) is 10.6. The fourth-order valence-electron chi connectivity index (χ4n) is 1.32. The second-order valence-electron chi connectivity index (χ2n) is 3.80. The molecule has 1 N–H and O–H groups in total. The van der Waals surface area contributed by atoms with Crippen LogP contribution in [0.15, 0.2) is 28.7 Å². The Morgan fingerprint density at radius 3 is 2.50 bits per heavy atom. The molecule has 0 aliphatic carbocycles. The van der Waals surface area contributed by atoms with Crippen LogP contribution >= 0.6 is 15.9 Å². The van der Waals surface area contributed by atoms with Gasteiger partial charge in [0.2, 0.25) is 0 Å². The maximum Gasteiger partial charge on any atom is 0.0486 e. The molecular formula is C12H18BrN. The predicted molar refractivity (Wildman–Crippen MR) is 66.7 cm³/mol. The van der Waals surface area contributed by atoms with Crippen molar-refractivity contribution in [2.75, 3.05) is 5.32 Å². The van der Waals surface area contributed by atoms with Crippen LogP contribution in [0.2, 0.25) is 0 Å². The standard InChI is InChI=1S/C12H18BrN/c1-4-9(2)10(3)14-12-8-6-5-7-11(12)13/h5-10,14H,4H2,1-3H3. The quantitative estimate of drug-likeness (QED) is 0.847. The van der Waals surface area contributed by atoms with Crippen LogP contribution in [0.3, 0.4) is 0 Å². The smallest absolute Gasteiger partial charge is 0.0486 e. The molecule has 0 aliphatic heterocycles. The van der Waals surface area contributed by atoms with Gasteiger partial charge >= 0.3 is 0 Å². The number of benzene rings is 1. The minimum absolute atomic E-state index is 0.513. The summed E-state index contributed by atoms with van der Waals surface area (Å²) in [5, 5.41) is 3.51. The molecule has 0 saturated heterocycles. The van der Waals surface area contributed by atoms with Gasteiger partial charge < -0.3 is 5.32 Å². The van der Waals surface area contributed by atoms with E-state index in [4.69, 9.17) is 0 Å². The Labute approximate surface area is 95.0 Å². The highest BCUT2D eigenvalue weighted by atomic mass is 79.9. The van der Waals surface area contributed by atoms with E-state index in [2.05, 4.69) is 60.2 Å². The fourth-order valence-corrected chi connectivity index (χ4v) is 1.72. The molecule has 2 unspecified atom stereocenters. The molecule has 78 valence electrons. The average Bonchev–Trinajstić information content (AvgIpc) is 2.20. The highest BCUT2D eigenvalue weighted by molar-refractivity contribution is 9.10. The van der Waals surface area contributed by atoms with Crippen molar-refractivity contribution in [1.82, 2.24) is 0 Å². The van der Waals surface area contributed by atoms with E-state index in [-0.39, 0.29) is 0 Å². The Morgan fingerprint density at radius 2 is 1.93 bits per heavy atom. The number of anilines is 1. The van der Waals surface area contributed by atoms with E-state index < -0.39 is 0 Å². The van der Waals surface area contributed by atoms with E-state index in [0.717, 1.165) is 4.47 Å². The second kappa shape index (κ2) is 5.40. The summed E-state index contributed by atoms with van der Waals surface area (Å²) in [6, 6.07) is 8.76. The third-order valence-corrected chi connectivity index (χ3v) is 3.45. The minimum atomic E-state index is 0.513. The van der Waals surface area contributed by atoms with Gasteiger partial charge in [-0.05, 0) is 40.9 Å². The Hall–Kier alpha value is -0.500. The lowest BCUT2D eigenvalue weighted by Gasteiger charge is -2.21. The summed E-state index contributed by atoms with van der Waals surface area (Å²) in [5.74, 6) is 0.696. The molecule has 2 atom stereocenters. The molecule has 1 aromatic carbocycles. The van der Waals surface area contributed by atoms with E-state index in [9.17, 15) is 0 Å². The number of para-hydroxylation sites is 1. The Kier molecular flexibility index (Phi) is 4.46. The first-order valence-corrected chi connectivity index (χ1v) is 5.95. The van der Waals surface area contributed by atoms with E-state index in [1.54, 1.807) is 0 Å². The molecule has 0 fully saturated rings. The predicted octanol–water partition coefficient (Wildman–Crippen LogP) is 4.30. The summed E-state index contributed by atoms with van der Waals surface area (Å²) in [7, 11) is 0. The Morgan fingerprint density at radius 1 is 1.29 bits per heavy atom. The lowest BCUT2D eigenvalue weighted by atomic mass is 10.0. The Bertz CT molecular complexity index is 285. The topological polar surface area (TPSA) is 12.0 Å². The zero-order valence-corrected chi connectivity index (χ0v) is 10.6. The van der Waals surface area contributed by atoms with E-state index in [1.807, 2.05) is 6.07 Å². The van der Waals surface area contributed by atoms with Gasteiger partial charge in [-0.15, -0.1) is 0 Å². The Balaban J connectivity index is 2.64. The minimum Gasteiger partial charge on any atom is -0.381 e. The van der Waals surface area contributed by atoms with Gasteiger partial charge in [0.25, 0.3) is 0 Å². The molecule has 0 radical (unpaired) electrons. The summed E-state index contributed by atoms with van der Waals surface area (Å²) < 4.78 is 1.13. The van der Waals surface area contributed by atoms with Crippen molar-refractivity contribution in [3.05, 3.63) is 28.7 Å². The molecule has 0 heterocycles. The molecule has 0 spiro atoms. The summed E-state index contributed by atoms with van der Waals surface area (Å²) in [5.41, 5.74) is 1.18. The monoisotopic (exact) mass is 255 g/mol. The lowest BCUT2D eigenvalue weighted by molar-refractivity contribution is 0.494. The number of nitrogens with one attached hydrogen (secondary N) is 1. The van der Waals surface area contributed by atoms with Crippen LogP contribution < -0.4 is 5.32 Å². The molecule has 1 aromatic rings. The lowest BCUT2D eigenvalue weighted by Crippen LogP contribution is -2.23. The highest BCUT2D eigenvalue weighted by Gasteiger charge is 2.10. The van der Waals surface area contributed by atoms with Crippen molar-refractivity contribution in [2.45, 2.75) is 33.2 Å². The first kappa shape index (κ1) is 11.6. The summed E-state index contributed by atoms with van der Waals surface area (Å²) in [6.45, 7) is 6.73. The van der Waals surface area contributed by atoms with E-state index >= 15 is 0 Å². The maximum absolute atomic E-state index is 3.53. The van der Waals surface area contributed by atoms with Gasteiger partial charge in [-0.2, -0.15) is 0 Å². The number of rotatable bonds is 4. The number of hydrogen-bond acceptors (Lipinski definition) is 1. The summed E-state index contributed by atoms with van der Waals surface area (Å²) >= 11 is 3.53. The molecule has 14 heavy (non-hydrogen) atoms. The molecule has 0 aromatic heterocycles. The van der Waals surface area contributed by atoms with Gasteiger partial charge in [-0.3, -0.25) is 0 Å². The van der Waals surface area contributed by atoms with Gasteiger partial charge in [-0.25, -0.2) is 0 Å². The van der Waals surface area contributed by atoms with E-state index in [0.29, 0.717) is 12.0 Å². The van der Waals surface area contributed by atoms with Crippen molar-refractivity contribution in [3.63, 3.8) is 0 Å². The van der Waals surface area contributed by atoms with Gasteiger partial charge in [0.1, 0.15) is 0 Å². The van der Waals surface area contributed by atoms with Crippen LogP contribution in [0.5, 0.6) is 0 Å². The largest absolute Gasteiger partial charge is 0.381 e. The van der Waals surface area contributed by atoms with Crippen molar-refractivity contribution in [3.8, 4) is 0 Å². The van der Waals surface area contributed by atoms with Crippen molar-refractivity contribution < 1.29 is 0 Å². The molecule has 0 bridgehead atoms. The average molecular weight is 256 g/mol. The van der Waals surface area contributed by atoms with Gasteiger partial charge in [0.05, 0.1) is 0 Å². The molecule has 0 saturated carbocycles. The van der Waals surface area contributed by atoms with Crippen LogP contribution in [0, 0.1) is 5.92 Å². The first-order valence-electron chi connectivity index (χ1n) is 5.16. The van der Waals surface area contributed by atoms with Crippen LogP contribution in [-0.2, 0) is 0 Å². The zero-order valence-electron chi connectivity index (χ0n) is 9.05. The maximum atomic E-state index is 3.53. The third-order valence-electron chi connectivity index (χ3n) is 2.75. The first-order chi connectivity index (χ1) is 6.65. The van der Waals surface area contributed by atoms with Crippen LogP contribution in [0.1, 0.15) is 27.2 Å². The normalized spacial score (nSPS) is 14.9. The van der Waals surface area contributed by atoms with E-state index in [1.165, 1.54) is 12.1 Å². The highest BCUT2D eigenvalue weighted by Crippen LogP contribution is 2.23. The summed E-state index contributed by atoms with van der Waals surface area (Å²) in [4.78, 5) is 0. The molecule has 1 nitrogen and oxygen atoms in total. The van der Waals surface area contributed by atoms with Crippen molar-refractivity contribution >= 4 is 21.6 Å². The summed E-state index contributed by atoms with van der Waals surface area (Å²) in [6.07, 6.45) is 1.21. The van der Waals surface area contributed by atoms with Gasteiger partial charge in [0, 0.05) is 16.2 Å². The van der Waals surface area contributed by atoms with Gasteiger partial charge in [0.15, 0.2) is 0 Å². The molecular weight excluding hydrogens is 238 g/mol. The van der Waals surface area contributed by atoms with Gasteiger partial charge in [-0.1, -0.05) is 32.4 Å².